The quantitative estimate of drug-likeness (QED) is 0.773. The molecule has 0 saturated carbocycles. The van der Waals surface area contributed by atoms with E-state index in [-0.39, 0.29) is 0 Å². The van der Waals surface area contributed by atoms with Crippen LogP contribution in [0.2, 0.25) is 0 Å². The monoisotopic (exact) mass is 341 g/mol. The van der Waals surface area contributed by atoms with E-state index < -0.39 is 5.60 Å². The summed E-state index contributed by atoms with van der Waals surface area (Å²) in [5, 5.41) is 13.3. The Morgan fingerprint density at radius 1 is 1.17 bits per heavy atom. The summed E-state index contributed by atoms with van der Waals surface area (Å²) in [6.07, 6.45) is 1.60. The van der Waals surface area contributed by atoms with Gasteiger partial charge in [0, 0.05) is 24.5 Å². The van der Waals surface area contributed by atoms with E-state index in [1.54, 1.807) is 31.5 Å². The van der Waals surface area contributed by atoms with Gasteiger partial charge in [-0.05, 0) is 44.4 Å². The lowest BCUT2D eigenvalue weighted by Gasteiger charge is -2.27. The Morgan fingerprint density at radius 3 is 2.58 bits per heavy atom. The van der Waals surface area contributed by atoms with E-state index in [2.05, 4.69) is 47.4 Å². The normalized spacial score (nSPS) is 11.9. The van der Waals surface area contributed by atoms with E-state index in [9.17, 15) is 5.11 Å². The first-order valence-electron chi connectivity index (χ1n) is 7.99. The Morgan fingerprint density at radius 2 is 1.92 bits per heavy atom. The topological polar surface area (TPSA) is 49.2 Å². The Labute approximate surface area is 146 Å². The zero-order chi connectivity index (χ0) is 17.5. The fraction of sp³-hybridized carbons (Fsp3) is 0.368. The molecule has 0 bridgehead atoms. The summed E-state index contributed by atoms with van der Waals surface area (Å²) in [6.45, 7) is 8.36. The molecule has 0 spiro atoms. The maximum absolute atomic E-state index is 10.1. The van der Waals surface area contributed by atoms with Gasteiger partial charge in [0.25, 0.3) is 0 Å². The first-order chi connectivity index (χ1) is 11.3. The highest BCUT2D eigenvalue weighted by Gasteiger charge is 2.21. The minimum absolute atomic E-state index is 0.501. The molecule has 0 aliphatic rings. The third kappa shape index (κ3) is 3.28. The lowest BCUT2D eigenvalue weighted by atomic mass is 10.0. The number of rotatable bonds is 4. The van der Waals surface area contributed by atoms with Crippen LogP contribution in [-0.2, 0) is 0 Å². The van der Waals surface area contributed by atoms with Crippen LogP contribution in [0.15, 0.2) is 29.9 Å². The van der Waals surface area contributed by atoms with Gasteiger partial charge in [-0.2, -0.15) is 0 Å². The molecule has 0 amide bonds. The van der Waals surface area contributed by atoms with Crippen molar-refractivity contribution in [3.63, 3.8) is 0 Å². The van der Waals surface area contributed by atoms with Crippen LogP contribution in [0.1, 0.15) is 25.0 Å². The van der Waals surface area contributed by atoms with Crippen LogP contribution in [0.4, 0.5) is 5.82 Å². The fourth-order valence-electron chi connectivity index (χ4n) is 2.93. The molecule has 2 heterocycles. The van der Waals surface area contributed by atoms with Gasteiger partial charge in [-0.1, -0.05) is 18.2 Å². The molecule has 1 N–H and O–H groups in total. The molecule has 3 rings (SSSR count). The number of aryl methyl sites for hydroxylation is 2. The van der Waals surface area contributed by atoms with Crippen molar-refractivity contribution < 1.29 is 5.11 Å². The maximum atomic E-state index is 10.1. The number of aromatic nitrogens is 2. The summed E-state index contributed by atoms with van der Waals surface area (Å²) in [5.74, 6) is 0.858. The minimum atomic E-state index is -0.789. The van der Waals surface area contributed by atoms with Gasteiger partial charge in [-0.25, -0.2) is 9.97 Å². The second kappa shape index (κ2) is 6.15. The number of hydrogen-bond acceptors (Lipinski definition) is 5. The van der Waals surface area contributed by atoms with Gasteiger partial charge >= 0.3 is 0 Å². The number of anilines is 1. The van der Waals surface area contributed by atoms with Crippen molar-refractivity contribution in [2.24, 2.45) is 0 Å². The SMILES string of the molecule is Cc1ccc(-c2csc3ncnc(N(C)CC(C)(C)O)c23)cc1C. The van der Waals surface area contributed by atoms with Crippen LogP contribution >= 0.6 is 11.3 Å². The van der Waals surface area contributed by atoms with E-state index in [1.165, 1.54) is 16.7 Å². The van der Waals surface area contributed by atoms with Crippen molar-refractivity contribution in [1.82, 2.24) is 9.97 Å². The smallest absolute Gasteiger partial charge is 0.141 e. The second-order valence-corrected chi connectivity index (χ2v) is 7.85. The van der Waals surface area contributed by atoms with Gasteiger partial charge < -0.3 is 10.0 Å². The van der Waals surface area contributed by atoms with Crippen molar-refractivity contribution in [3.05, 3.63) is 41.0 Å². The van der Waals surface area contributed by atoms with Gasteiger partial charge in [-0.3, -0.25) is 0 Å². The highest BCUT2D eigenvalue weighted by molar-refractivity contribution is 7.17. The number of benzene rings is 1. The van der Waals surface area contributed by atoms with Crippen molar-refractivity contribution >= 4 is 27.4 Å². The Kier molecular flexibility index (Phi) is 4.32. The zero-order valence-corrected chi connectivity index (χ0v) is 15.6. The van der Waals surface area contributed by atoms with Crippen molar-refractivity contribution in [2.45, 2.75) is 33.3 Å². The third-order valence-corrected chi connectivity index (χ3v) is 5.04. The third-order valence-electron chi connectivity index (χ3n) is 4.15. The number of thiophene rings is 1. The number of hydrogen-bond donors (Lipinski definition) is 1. The highest BCUT2D eigenvalue weighted by Crippen LogP contribution is 2.38. The van der Waals surface area contributed by atoms with Crippen LogP contribution < -0.4 is 4.90 Å². The predicted molar refractivity (Wildman–Crippen MR) is 102 cm³/mol. The number of likely N-dealkylation sites (N-methyl/N-ethyl adjacent to an activating group) is 1. The summed E-state index contributed by atoms with van der Waals surface area (Å²) in [7, 11) is 1.96. The van der Waals surface area contributed by atoms with Gasteiger partial charge in [0.2, 0.25) is 0 Å². The van der Waals surface area contributed by atoms with Crippen molar-refractivity contribution in [1.29, 1.82) is 0 Å². The van der Waals surface area contributed by atoms with Crippen LogP contribution in [-0.4, -0.2) is 34.3 Å². The molecule has 0 radical (unpaired) electrons. The maximum Gasteiger partial charge on any atom is 0.141 e. The van der Waals surface area contributed by atoms with Gasteiger partial charge in [0.15, 0.2) is 0 Å². The Balaban J connectivity index is 2.15. The lowest BCUT2D eigenvalue weighted by molar-refractivity contribution is 0.0885. The van der Waals surface area contributed by atoms with E-state index in [4.69, 9.17) is 0 Å². The highest BCUT2D eigenvalue weighted by atomic mass is 32.1. The summed E-state index contributed by atoms with van der Waals surface area (Å²) in [6, 6.07) is 6.51. The molecule has 3 aromatic rings. The summed E-state index contributed by atoms with van der Waals surface area (Å²) >= 11 is 1.63. The fourth-order valence-corrected chi connectivity index (χ4v) is 3.84. The van der Waals surface area contributed by atoms with Crippen LogP contribution in [0.25, 0.3) is 21.3 Å². The minimum Gasteiger partial charge on any atom is -0.389 e. The molecule has 0 unspecified atom stereocenters. The van der Waals surface area contributed by atoms with E-state index in [0.29, 0.717) is 6.54 Å². The van der Waals surface area contributed by atoms with Crippen LogP contribution in [0, 0.1) is 13.8 Å². The van der Waals surface area contributed by atoms with E-state index in [0.717, 1.165) is 21.6 Å². The lowest BCUT2D eigenvalue weighted by Crippen LogP contribution is -2.36. The first kappa shape index (κ1) is 16.9. The van der Waals surface area contributed by atoms with Crippen LogP contribution in [0.5, 0.6) is 0 Å². The molecule has 0 aliphatic carbocycles. The van der Waals surface area contributed by atoms with Crippen molar-refractivity contribution in [3.8, 4) is 11.1 Å². The molecule has 0 atom stereocenters. The van der Waals surface area contributed by atoms with Gasteiger partial charge in [0.05, 0.1) is 11.0 Å². The molecule has 0 fully saturated rings. The molecule has 24 heavy (non-hydrogen) atoms. The van der Waals surface area contributed by atoms with E-state index in [1.807, 2.05) is 11.9 Å². The van der Waals surface area contributed by atoms with Crippen LogP contribution in [0.3, 0.4) is 0 Å². The van der Waals surface area contributed by atoms with Crippen molar-refractivity contribution in [2.75, 3.05) is 18.5 Å². The predicted octanol–water partition coefficient (Wildman–Crippen LogP) is 4.18. The largest absolute Gasteiger partial charge is 0.389 e. The van der Waals surface area contributed by atoms with E-state index >= 15 is 0 Å². The standard InChI is InChI=1S/C19H23N3OS/c1-12-6-7-14(8-13(12)2)15-9-24-18-16(15)17(20-11-21-18)22(5)10-19(3,4)23/h6-9,11,23H,10H2,1-5H3. The summed E-state index contributed by atoms with van der Waals surface area (Å²) in [4.78, 5) is 11.9. The molecule has 126 valence electrons. The average Bonchev–Trinajstić information content (AvgIpc) is 2.92. The molecular weight excluding hydrogens is 318 g/mol. The number of nitrogens with zero attached hydrogens (tertiary/aromatic N) is 3. The molecule has 5 heteroatoms. The molecule has 1 aromatic carbocycles. The number of aliphatic hydroxyl groups is 1. The van der Waals surface area contributed by atoms with Gasteiger partial charge in [0.1, 0.15) is 17.0 Å². The molecule has 0 aliphatic heterocycles. The average molecular weight is 341 g/mol. The molecule has 2 aromatic heterocycles. The Hall–Kier alpha value is -1.98. The summed E-state index contributed by atoms with van der Waals surface area (Å²) < 4.78 is 0. The Bertz CT molecular complexity index is 880. The zero-order valence-electron chi connectivity index (χ0n) is 14.8. The second-order valence-electron chi connectivity index (χ2n) is 6.99. The molecule has 0 saturated heterocycles. The van der Waals surface area contributed by atoms with Gasteiger partial charge in [-0.15, -0.1) is 11.3 Å². The first-order valence-corrected chi connectivity index (χ1v) is 8.87. The summed E-state index contributed by atoms with van der Waals surface area (Å²) in [5.41, 5.74) is 4.10. The molecular formula is C19H23N3OS. The number of fused-ring (bicyclic) bond motifs is 1. The molecule has 4 nitrogen and oxygen atoms in total.